The molecule has 0 radical (unpaired) electrons. The number of nitrogens with zero attached hydrogens (tertiary/aromatic N) is 4. The maximum Gasteiger partial charge on any atom is 0.256 e. The van der Waals surface area contributed by atoms with E-state index in [0.29, 0.717) is 18.7 Å². The highest BCUT2D eigenvalue weighted by Crippen LogP contribution is 2.23. The summed E-state index contributed by atoms with van der Waals surface area (Å²) in [7, 11) is 2.12. The topological polar surface area (TPSA) is 59.9 Å². The number of β-amino-alcohol motifs (C(OH)–C–C–N with tert-alkyl or cyclic N) is 1. The van der Waals surface area contributed by atoms with Crippen LogP contribution >= 0.6 is 11.8 Å². The fourth-order valence-corrected chi connectivity index (χ4v) is 3.88. The highest BCUT2D eigenvalue weighted by atomic mass is 32.2. The van der Waals surface area contributed by atoms with Crippen molar-refractivity contribution < 1.29 is 9.90 Å². The lowest BCUT2D eigenvalue weighted by atomic mass is 10.1. The van der Waals surface area contributed by atoms with Crippen molar-refractivity contribution in [2.75, 3.05) is 52.6 Å². The molecule has 0 saturated carbocycles. The van der Waals surface area contributed by atoms with Gasteiger partial charge in [0.1, 0.15) is 5.03 Å². The Morgan fingerprint density at radius 1 is 1.30 bits per heavy atom. The highest BCUT2D eigenvalue weighted by molar-refractivity contribution is 7.98. The van der Waals surface area contributed by atoms with Crippen molar-refractivity contribution in [3.8, 4) is 0 Å². The van der Waals surface area contributed by atoms with Gasteiger partial charge >= 0.3 is 0 Å². The second-order valence-corrected chi connectivity index (χ2v) is 7.04. The van der Waals surface area contributed by atoms with Gasteiger partial charge in [-0.15, -0.1) is 11.8 Å². The minimum atomic E-state index is -0.475. The van der Waals surface area contributed by atoms with Crippen LogP contribution in [0.1, 0.15) is 10.4 Å². The zero-order valence-electron chi connectivity index (χ0n) is 13.7. The largest absolute Gasteiger partial charge is 0.390 e. The van der Waals surface area contributed by atoms with Crippen LogP contribution in [-0.2, 0) is 0 Å². The molecule has 6 nitrogen and oxygen atoms in total. The molecule has 3 heterocycles. The molecular formula is C16H24N4O2S. The van der Waals surface area contributed by atoms with Crippen LogP contribution in [0.5, 0.6) is 0 Å². The number of likely N-dealkylation sites (tertiary alicyclic amines) is 1. The van der Waals surface area contributed by atoms with Gasteiger partial charge in [-0.1, -0.05) is 0 Å². The molecule has 1 amide bonds. The third-order valence-electron chi connectivity index (χ3n) is 4.75. The molecule has 2 aliphatic rings. The van der Waals surface area contributed by atoms with E-state index in [4.69, 9.17) is 0 Å². The van der Waals surface area contributed by atoms with Crippen molar-refractivity contribution in [3.05, 3.63) is 23.9 Å². The standard InChI is InChI=1S/C16H24N4O2S/c1-18-6-8-19(9-7-18)13-10-20(11-14(13)21)16(22)12-4-3-5-17-15(12)23-2/h3-5,13-14,21H,6-11H2,1-2H3/t13-,14-/m1/s1. The van der Waals surface area contributed by atoms with Crippen molar-refractivity contribution in [3.63, 3.8) is 0 Å². The van der Waals surface area contributed by atoms with E-state index in [-0.39, 0.29) is 11.9 Å². The number of carbonyl (C=O) groups is 1. The van der Waals surface area contributed by atoms with E-state index < -0.39 is 6.10 Å². The fourth-order valence-electron chi connectivity index (χ4n) is 3.33. The summed E-state index contributed by atoms with van der Waals surface area (Å²) in [5, 5.41) is 11.2. The number of hydrogen-bond acceptors (Lipinski definition) is 6. The molecule has 7 heteroatoms. The first-order valence-corrected chi connectivity index (χ1v) is 9.21. The lowest BCUT2D eigenvalue weighted by Crippen LogP contribution is -2.52. The first-order chi connectivity index (χ1) is 11.1. The number of thioether (sulfide) groups is 1. The predicted octanol–water partition coefficient (Wildman–Crippen LogP) is 0.236. The van der Waals surface area contributed by atoms with E-state index in [1.54, 1.807) is 17.2 Å². The molecule has 2 atom stereocenters. The Bertz CT molecular complexity index is 563. The third-order valence-corrected chi connectivity index (χ3v) is 5.46. The molecule has 2 aliphatic heterocycles. The van der Waals surface area contributed by atoms with Crippen LogP contribution in [0.4, 0.5) is 0 Å². The number of aromatic nitrogens is 1. The number of likely N-dealkylation sites (N-methyl/N-ethyl adjacent to an activating group) is 1. The lowest BCUT2D eigenvalue weighted by molar-refractivity contribution is 0.0512. The minimum absolute atomic E-state index is 0.0295. The normalized spacial score (nSPS) is 26.7. The molecule has 2 saturated heterocycles. The van der Waals surface area contributed by atoms with Gasteiger partial charge in [-0.2, -0.15) is 0 Å². The Hall–Kier alpha value is -1.15. The van der Waals surface area contributed by atoms with Crippen molar-refractivity contribution in [2.45, 2.75) is 17.2 Å². The number of aliphatic hydroxyl groups is 1. The van der Waals surface area contributed by atoms with Crippen molar-refractivity contribution in [1.82, 2.24) is 19.7 Å². The Kier molecular flexibility index (Phi) is 5.21. The number of hydrogen-bond donors (Lipinski definition) is 1. The molecule has 0 bridgehead atoms. The maximum absolute atomic E-state index is 12.8. The number of carbonyl (C=O) groups excluding carboxylic acids is 1. The van der Waals surface area contributed by atoms with Crippen LogP contribution in [0.25, 0.3) is 0 Å². The van der Waals surface area contributed by atoms with Crippen LogP contribution in [0.2, 0.25) is 0 Å². The van der Waals surface area contributed by atoms with Gasteiger partial charge in [-0.25, -0.2) is 4.98 Å². The van der Waals surface area contributed by atoms with Gasteiger partial charge in [0.25, 0.3) is 5.91 Å². The third kappa shape index (κ3) is 3.52. The molecule has 0 spiro atoms. The quantitative estimate of drug-likeness (QED) is 0.798. The van der Waals surface area contributed by atoms with Gasteiger partial charge in [0, 0.05) is 45.5 Å². The van der Waals surface area contributed by atoms with Gasteiger partial charge in [-0.3, -0.25) is 9.69 Å². The van der Waals surface area contributed by atoms with Crippen LogP contribution in [0, 0.1) is 0 Å². The summed E-state index contributed by atoms with van der Waals surface area (Å²) in [5.41, 5.74) is 0.631. The molecule has 0 aliphatic carbocycles. The highest BCUT2D eigenvalue weighted by Gasteiger charge is 2.39. The van der Waals surface area contributed by atoms with Gasteiger partial charge in [-0.05, 0) is 25.4 Å². The summed E-state index contributed by atoms with van der Waals surface area (Å²) in [5.74, 6) is -0.0295. The second kappa shape index (κ2) is 7.17. The van der Waals surface area contributed by atoms with Gasteiger partial charge < -0.3 is 14.9 Å². The molecule has 3 rings (SSSR count). The van der Waals surface area contributed by atoms with Gasteiger partial charge in [0.15, 0.2) is 0 Å². The molecule has 0 unspecified atom stereocenters. The number of rotatable bonds is 3. The number of piperazine rings is 1. The zero-order chi connectivity index (χ0) is 16.4. The Morgan fingerprint density at radius 2 is 2.04 bits per heavy atom. The van der Waals surface area contributed by atoms with Crippen LogP contribution in [0.15, 0.2) is 23.4 Å². The number of pyridine rings is 1. The molecule has 1 aromatic rings. The van der Waals surface area contributed by atoms with Crippen molar-refractivity contribution in [2.24, 2.45) is 0 Å². The SMILES string of the molecule is CSc1ncccc1C(=O)N1C[C@@H](O)[C@H](N2CCN(C)CC2)C1. The lowest BCUT2D eigenvalue weighted by Gasteiger charge is -2.37. The molecule has 23 heavy (non-hydrogen) atoms. The zero-order valence-corrected chi connectivity index (χ0v) is 14.5. The van der Waals surface area contributed by atoms with Crippen LogP contribution in [0.3, 0.4) is 0 Å². The summed E-state index contributed by atoms with van der Waals surface area (Å²) in [6.45, 7) is 4.91. The summed E-state index contributed by atoms with van der Waals surface area (Å²) in [6, 6.07) is 3.65. The summed E-state index contributed by atoms with van der Waals surface area (Å²) in [6.07, 6.45) is 3.15. The first kappa shape index (κ1) is 16.7. The molecule has 126 valence electrons. The summed E-state index contributed by atoms with van der Waals surface area (Å²) < 4.78 is 0. The van der Waals surface area contributed by atoms with Crippen LogP contribution < -0.4 is 0 Å². The van der Waals surface area contributed by atoms with Gasteiger partial charge in [0.2, 0.25) is 0 Å². The number of amides is 1. The summed E-state index contributed by atoms with van der Waals surface area (Å²) in [4.78, 5) is 23.4. The average molecular weight is 336 g/mol. The van der Waals surface area contributed by atoms with Gasteiger partial charge in [0.05, 0.1) is 17.7 Å². The minimum Gasteiger partial charge on any atom is -0.390 e. The Balaban J connectivity index is 1.69. The maximum atomic E-state index is 12.8. The van der Waals surface area contributed by atoms with E-state index >= 15 is 0 Å². The Labute approximate surface area is 141 Å². The molecule has 0 aromatic carbocycles. The van der Waals surface area contributed by atoms with E-state index in [1.807, 2.05) is 12.3 Å². The van der Waals surface area contributed by atoms with Crippen LogP contribution in [-0.4, -0.2) is 95.4 Å². The molecule has 2 fully saturated rings. The predicted molar refractivity (Wildman–Crippen MR) is 90.8 cm³/mol. The second-order valence-electron chi connectivity index (χ2n) is 6.24. The van der Waals surface area contributed by atoms with E-state index in [1.165, 1.54) is 11.8 Å². The molecule has 1 N–H and O–H groups in total. The van der Waals surface area contributed by atoms with E-state index in [2.05, 4.69) is 21.8 Å². The van der Waals surface area contributed by atoms with E-state index in [0.717, 1.165) is 31.2 Å². The molecule has 1 aromatic heterocycles. The smallest absolute Gasteiger partial charge is 0.256 e. The first-order valence-electron chi connectivity index (χ1n) is 7.99. The monoisotopic (exact) mass is 336 g/mol. The molecular weight excluding hydrogens is 312 g/mol. The average Bonchev–Trinajstić information content (AvgIpc) is 2.96. The Morgan fingerprint density at radius 3 is 2.74 bits per heavy atom. The summed E-state index contributed by atoms with van der Waals surface area (Å²) >= 11 is 1.48. The van der Waals surface area contributed by atoms with Crippen molar-refractivity contribution >= 4 is 17.7 Å². The number of aliphatic hydroxyl groups excluding tert-OH is 1. The fraction of sp³-hybridized carbons (Fsp3) is 0.625. The van der Waals surface area contributed by atoms with E-state index in [9.17, 15) is 9.90 Å². The van der Waals surface area contributed by atoms with Crippen molar-refractivity contribution in [1.29, 1.82) is 0 Å².